The van der Waals surface area contributed by atoms with E-state index in [9.17, 15) is 0 Å². The van der Waals surface area contributed by atoms with Crippen LogP contribution >= 0.6 is 32.3 Å². The molecule has 0 bridgehead atoms. The molecule has 0 spiro atoms. The molecule has 0 saturated carbocycles. The van der Waals surface area contributed by atoms with Crippen LogP contribution < -0.4 is 31.8 Å². The van der Waals surface area contributed by atoms with Crippen LogP contribution in [0.4, 0.5) is 0 Å². The molecule has 0 aliphatic rings. The average Bonchev–Trinajstić information content (AvgIpc) is 3.11. The number of benzene rings is 6. The molecule has 0 saturated heterocycles. The molecule has 0 N–H and O–H groups in total. The molecule has 0 unspecified atom stereocenters. The van der Waals surface area contributed by atoms with Crippen molar-refractivity contribution in [1.29, 1.82) is 0 Å². The third kappa shape index (κ3) is 7.86. The van der Waals surface area contributed by atoms with E-state index in [1.807, 2.05) is 182 Å². The van der Waals surface area contributed by atoms with Crippen LogP contribution in [0.25, 0.3) is 0 Å². The summed E-state index contributed by atoms with van der Waals surface area (Å²) >= 11 is 0. The third-order valence-electron chi connectivity index (χ3n) is 6.49. The van der Waals surface area contributed by atoms with E-state index in [2.05, 4.69) is 0 Å². The first kappa shape index (κ1) is 30.7. The molecule has 44 heavy (non-hydrogen) atoms. The van der Waals surface area contributed by atoms with E-state index in [1.54, 1.807) is 0 Å². The Morgan fingerprint density at radius 1 is 0.295 bits per heavy atom. The molecule has 0 aliphatic carbocycles. The van der Waals surface area contributed by atoms with Gasteiger partial charge in [0.15, 0.2) is 0 Å². The third-order valence-corrected chi connectivity index (χ3v) is 15.5. The fourth-order valence-electron chi connectivity index (χ4n) is 4.46. The second-order valence-corrected chi connectivity index (χ2v) is 17.3. The van der Waals surface area contributed by atoms with Crippen LogP contribution in [0.1, 0.15) is 0 Å². The SMILES string of the molecule is O=P(OP(c1ccccc1)c1ccccc1)(OP(c1ccccc1)c1ccccc1)OP(c1ccccc1)c1ccccc1. The maximum atomic E-state index is 15.5. The molecule has 0 fully saturated rings. The summed E-state index contributed by atoms with van der Waals surface area (Å²) in [6.45, 7) is 0. The Hall–Kier alpha value is -3.28. The quantitative estimate of drug-likeness (QED) is 0.125. The summed E-state index contributed by atoms with van der Waals surface area (Å²) < 4.78 is 35.8. The van der Waals surface area contributed by atoms with E-state index in [-0.39, 0.29) is 0 Å². The van der Waals surface area contributed by atoms with Gasteiger partial charge in [0.25, 0.3) is 0 Å². The van der Waals surface area contributed by atoms with Crippen LogP contribution in [0.3, 0.4) is 0 Å². The number of rotatable bonds is 12. The van der Waals surface area contributed by atoms with E-state index in [0.29, 0.717) is 0 Å². The van der Waals surface area contributed by atoms with E-state index >= 15 is 4.57 Å². The first-order valence-electron chi connectivity index (χ1n) is 14.1. The summed E-state index contributed by atoms with van der Waals surface area (Å²) in [6.07, 6.45) is 0. The Labute approximate surface area is 262 Å². The second kappa shape index (κ2) is 15.1. The zero-order valence-corrected chi connectivity index (χ0v) is 27.3. The van der Waals surface area contributed by atoms with Crippen LogP contribution in [0.2, 0.25) is 0 Å². The first-order chi connectivity index (χ1) is 21.7. The highest BCUT2D eigenvalue weighted by molar-refractivity contribution is 7.83. The van der Waals surface area contributed by atoms with Crippen molar-refractivity contribution in [3.63, 3.8) is 0 Å². The Morgan fingerprint density at radius 3 is 0.614 bits per heavy atom. The molecular formula is C36H30O4P4. The van der Waals surface area contributed by atoms with Gasteiger partial charge in [0.2, 0.25) is 0 Å². The van der Waals surface area contributed by atoms with Gasteiger partial charge in [-0.2, -0.15) is 0 Å². The topological polar surface area (TPSA) is 44.8 Å². The van der Waals surface area contributed by atoms with Crippen molar-refractivity contribution in [3.05, 3.63) is 182 Å². The monoisotopic (exact) mass is 650 g/mol. The van der Waals surface area contributed by atoms with Crippen molar-refractivity contribution in [2.45, 2.75) is 0 Å². The minimum atomic E-state index is -4.29. The van der Waals surface area contributed by atoms with Crippen LogP contribution in [0.15, 0.2) is 182 Å². The predicted octanol–water partition coefficient (Wildman–Crippen LogP) is 8.29. The molecule has 6 aromatic rings. The maximum Gasteiger partial charge on any atom is 0.486 e. The Balaban J connectivity index is 1.48. The number of phosphoric acid groups is 1. The largest absolute Gasteiger partial charge is 0.486 e. The second-order valence-electron chi connectivity index (χ2n) is 9.59. The Bertz CT molecular complexity index is 1430. The van der Waals surface area contributed by atoms with Crippen molar-refractivity contribution in [2.75, 3.05) is 0 Å². The highest BCUT2D eigenvalue weighted by Gasteiger charge is 2.40. The first-order valence-corrected chi connectivity index (χ1v) is 19.3. The lowest BCUT2D eigenvalue weighted by Gasteiger charge is -2.30. The molecule has 6 aromatic carbocycles. The molecule has 6 rings (SSSR count). The van der Waals surface area contributed by atoms with E-state index in [0.717, 1.165) is 31.8 Å². The lowest BCUT2D eigenvalue weighted by Crippen LogP contribution is -2.18. The normalized spacial score (nSPS) is 11.7. The number of hydrogen-bond donors (Lipinski definition) is 0. The van der Waals surface area contributed by atoms with Crippen LogP contribution in [-0.4, -0.2) is 0 Å². The van der Waals surface area contributed by atoms with Gasteiger partial charge >= 0.3 is 7.82 Å². The summed E-state index contributed by atoms with van der Waals surface area (Å²) in [4.78, 5) is 0. The minimum absolute atomic E-state index is 0.911. The minimum Gasteiger partial charge on any atom is -0.254 e. The van der Waals surface area contributed by atoms with Gasteiger partial charge in [0.1, 0.15) is 24.4 Å². The predicted molar refractivity (Wildman–Crippen MR) is 188 cm³/mol. The van der Waals surface area contributed by atoms with Gasteiger partial charge in [-0.3, -0.25) is 12.9 Å². The summed E-state index contributed by atoms with van der Waals surface area (Å²) in [6, 6.07) is 59.3. The molecule has 0 amide bonds. The lowest BCUT2D eigenvalue weighted by molar-refractivity contribution is 0.338. The van der Waals surface area contributed by atoms with Crippen molar-refractivity contribution < 1.29 is 17.5 Å². The lowest BCUT2D eigenvalue weighted by atomic mass is 10.4. The van der Waals surface area contributed by atoms with Gasteiger partial charge in [-0.05, 0) is 0 Å². The molecular weight excluding hydrogens is 620 g/mol. The standard InChI is InChI=1S/C36H30O4P4/c37-44(38-41(31-19-7-1-8-20-31)32-21-9-2-10-22-32,39-42(33-23-11-3-12-24-33)34-25-13-4-14-26-34)40-43(35-27-15-5-16-28-35)36-29-17-6-18-30-36/h1-30H. The Kier molecular flexibility index (Phi) is 10.6. The summed E-state index contributed by atoms with van der Waals surface area (Å²) in [5.74, 6) is 0. The fraction of sp³-hybridized carbons (Fsp3) is 0. The van der Waals surface area contributed by atoms with E-state index in [1.165, 1.54) is 0 Å². The van der Waals surface area contributed by atoms with Crippen molar-refractivity contribution in [1.82, 2.24) is 0 Å². The molecule has 0 heterocycles. The molecule has 0 radical (unpaired) electrons. The van der Waals surface area contributed by atoms with Crippen LogP contribution in [0, 0.1) is 0 Å². The van der Waals surface area contributed by atoms with Gasteiger partial charge in [0, 0.05) is 31.8 Å². The molecule has 0 aliphatic heterocycles. The average molecular weight is 651 g/mol. The zero-order chi connectivity index (χ0) is 30.0. The molecule has 0 aromatic heterocycles. The van der Waals surface area contributed by atoms with E-state index < -0.39 is 32.3 Å². The van der Waals surface area contributed by atoms with Crippen molar-refractivity contribution in [2.24, 2.45) is 0 Å². The zero-order valence-electron chi connectivity index (χ0n) is 23.7. The maximum absolute atomic E-state index is 15.5. The Morgan fingerprint density at radius 2 is 0.455 bits per heavy atom. The highest BCUT2D eigenvalue weighted by atomic mass is 31.3. The van der Waals surface area contributed by atoms with E-state index in [4.69, 9.17) is 12.9 Å². The van der Waals surface area contributed by atoms with Gasteiger partial charge in [-0.15, -0.1) is 0 Å². The molecule has 8 heteroatoms. The van der Waals surface area contributed by atoms with Crippen molar-refractivity contribution in [3.8, 4) is 0 Å². The number of hydrogen-bond acceptors (Lipinski definition) is 4. The summed E-state index contributed by atoms with van der Waals surface area (Å²) in [5, 5.41) is 5.46. The molecule has 4 nitrogen and oxygen atoms in total. The summed E-state index contributed by atoms with van der Waals surface area (Å²) in [7, 11) is -9.00. The van der Waals surface area contributed by atoms with Gasteiger partial charge in [0.05, 0.1) is 0 Å². The molecule has 0 atom stereocenters. The smallest absolute Gasteiger partial charge is 0.254 e. The highest BCUT2D eigenvalue weighted by Crippen LogP contribution is 2.70. The van der Waals surface area contributed by atoms with Gasteiger partial charge < -0.3 is 0 Å². The molecule has 218 valence electrons. The van der Waals surface area contributed by atoms with Gasteiger partial charge in [-0.1, -0.05) is 182 Å². The van der Waals surface area contributed by atoms with Crippen LogP contribution in [-0.2, 0) is 17.5 Å². The summed E-state index contributed by atoms with van der Waals surface area (Å²) in [5.41, 5.74) is 0. The fourth-order valence-corrected chi connectivity index (χ4v) is 13.8. The van der Waals surface area contributed by atoms with Crippen molar-refractivity contribution >= 4 is 64.1 Å². The van der Waals surface area contributed by atoms with Gasteiger partial charge in [-0.25, -0.2) is 4.57 Å². The van der Waals surface area contributed by atoms with Crippen LogP contribution in [0.5, 0.6) is 0 Å².